The second kappa shape index (κ2) is 5.28. The highest BCUT2D eigenvalue weighted by molar-refractivity contribution is 4.81. The summed E-state index contributed by atoms with van der Waals surface area (Å²) in [4.78, 5) is 2.44. The second-order valence-corrected chi connectivity index (χ2v) is 5.07. The molecule has 1 heterocycles. The molecule has 15 heavy (non-hydrogen) atoms. The molecule has 1 aliphatic rings. The minimum atomic E-state index is -0.516. The summed E-state index contributed by atoms with van der Waals surface area (Å²) in [5.41, 5.74) is -0.516. The summed E-state index contributed by atoms with van der Waals surface area (Å²) in [5.74, 6) is 0. The summed E-state index contributed by atoms with van der Waals surface area (Å²) >= 11 is 0. The molecular formula is C12H25NO2. The Kier molecular flexibility index (Phi) is 4.56. The molecule has 90 valence electrons. The lowest BCUT2D eigenvalue weighted by Crippen LogP contribution is -2.50. The third-order valence-corrected chi connectivity index (χ3v) is 3.52. The minimum Gasteiger partial charge on any atom is -0.390 e. The molecule has 0 bridgehead atoms. The first-order valence-electron chi connectivity index (χ1n) is 6.02. The smallest absolute Gasteiger partial charge is 0.0629 e. The third-order valence-electron chi connectivity index (χ3n) is 3.52. The van der Waals surface area contributed by atoms with Gasteiger partial charge in [-0.15, -0.1) is 0 Å². The van der Waals surface area contributed by atoms with Crippen LogP contribution in [0, 0.1) is 0 Å². The van der Waals surface area contributed by atoms with Crippen molar-refractivity contribution < 1.29 is 9.84 Å². The largest absolute Gasteiger partial charge is 0.390 e. The number of nitrogens with zero attached hydrogens (tertiary/aromatic N) is 1. The van der Waals surface area contributed by atoms with E-state index in [-0.39, 0.29) is 0 Å². The third kappa shape index (κ3) is 3.74. The molecule has 0 aromatic heterocycles. The van der Waals surface area contributed by atoms with E-state index in [9.17, 15) is 5.11 Å². The summed E-state index contributed by atoms with van der Waals surface area (Å²) in [6.45, 7) is 10.9. The van der Waals surface area contributed by atoms with Crippen LogP contribution in [0.15, 0.2) is 0 Å². The van der Waals surface area contributed by atoms with Crippen LogP contribution in [0.1, 0.15) is 40.5 Å². The fourth-order valence-electron chi connectivity index (χ4n) is 2.02. The molecule has 0 saturated carbocycles. The van der Waals surface area contributed by atoms with Crippen molar-refractivity contribution in [1.29, 1.82) is 0 Å². The Labute approximate surface area is 93.4 Å². The summed E-state index contributed by atoms with van der Waals surface area (Å²) in [6.07, 6.45) is 1.66. The number of aliphatic hydroxyl groups is 1. The van der Waals surface area contributed by atoms with E-state index >= 15 is 0 Å². The van der Waals surface area contributed by atoms with Gasteiger partial charge in [-0.2, -0.15) is 0 Å². The van der Waals surface area contributed by atoms with Gasteiger partial charge in [0.2, 0.25) is 0 Å². The Morgan fingerprint density at radius 3 is 2.33 bits per heavy atom. The van der Waals surface area contributed by atoms with E-state index in [1.807, 2.05) is 13.8 Å². The molecule has 3 nitrogen and oxygen atoms in total. The Morgan fingerprint density at radius 2 is 1.87 bits per heavy atom. The van der Waals surface area contributed by atoms with Crippen molar-refractivity contribution in [1.82, 2.24) is 4.90 Å². The number of ether oxygens (including phenoxy) is 1. The molecule has 3 heteroatoms. The lowest BCUT2D eigenvalue weighted by Gasteiger charge is -2.40. The van der Waals surface area contributed by atoms with Gasteiger partial charge in [0.15, 0.2) is 0 Å². The lowest BCUT2D eigenvalue weighted by molar-refractivity contribution is -0.0500. The zero-order valence-corrected chi connectivity index (χ0v) is 10.5. The molecule has 1 N–H and O–H groups in total. The SMILES string of the molecule is CCC(C)(O)CCN1C(C)COCC1C. The van der Waals surface area contributed by atoms with Crippen molar-refractivity contribution in [2.45, 2.75) is 58.2 Å². The molecule has 3 atom stereocenters. The van der Waals surface area contributed by atoms with E-state index in [0.717, 1.165) is 32.6 Å². The van der Waals surface area contributed by atoms with Crippen molar-refractivity contribution in [2.75, 3.05) is 19.8 Å². The maximum absolute atomic E-state index is 9.97. The fourth-order valence-corrected chi connectivity index (χ4v) is 2.02. The van der Waals surface area contributed by atoms with Gasteiger partial charge in [0, 0.05) is 18.6 Å². The van der Waals surface area contributed by atoms with Gasteiger partial charge >= 0.3 is 0 Å². The van der Waals surface area contributed by atoms with E-state index in [2.05, 4.69) is 18.7 Å². The first-order valence-corrected chi connectivity index (χ1v) is 6.02. The van der Waals surface area contributed by atoms with Gasteiger partial charge in [-0.3, -0.25) is 4.90 Å². The Morgan fingerprint density at radius 1 is 1.33 bits per heavy atom. The zero-order chi connectivity index (χ0) is 11.5. The molecule has 1 rings (SSSR count). The van der Waals surface area contributed by atoms with Gasteiger partial charge in [0.25, 0.3) is 0 Å². The van der Waals surface area contributed by atoms with Crippen LogP contribution < -0.4 is 0 Å². The van der Waals surface area contributed by atoms with Crippen molar-refractivity contribution in [2.24, 2.45) is 0 Å². The highest BCUT2D eigenvalue weighted by Gasteiger charge is 2.27. The van der Waals surface area contributed by atoms with Gasteiger partial charge in [0.1, 0.15) is 0 Å². The molecule has 3 unspecified atom stereocenters. The first-order chi connectivity index (χ1) is 6.96. The Bertz CT molecular complexity index is 184. The lowest BCUT2D eigenvalue weighted by atomic mass is 9.98. The molecule has 0 aromatic rings. The van der Waals surface area contributed by atoms with E-state index < -0.39 is 5.60 Å². The molecule has 1 aliphatic heterocycles. The monoisotopic (exact) mass is 215 g/mol. The van der Waals surface area contributed by atoms with Crippen molar-refractivity contribution in [3.63, 3.8) is 0 Å². The topological polar surface area (TPSA) is 32.7 Å². The fraction of sp³-hybridized carbons (Fsp3) is 1.00. The van der Waals surface area contributed by atoms with Crippen LogP contribution >= 0.6 is 0 Å². The molecule has 0 aliphatic carbocycles. The van der Waals surface area contributed by atoms with E-state index in [1.165, 1.54) is 0 Å². The van der Waals surface area contributed by atoms with Crippen LogP contribution in [0.3, 0.4) is 0 Å². The van der Waals surface area contributed by atoms with Crippen molar-refractivity contribution in [3.8, 4) is 0 Å². The Hall–Kier alpha value is -0.120. The van der Waals surface area contributed by atoms with Gasteiger partial charge < -0.3 is 9.84 Å². The van der Waals surface area contributed by atoms with E-state index in [0.29, 0.717) is 12.1 Å². The standard InChI is InChI=1S/C12H25NO2/c1-5-12(4,14)6-7-13-10(2)8-15-9-11(13)3/h10-11,14H,5-9H2,1-4H3. The van der Waals surface area contributed by atoms with Gasteiger partial charge in [-0.05, 0) is 33.6 Å². The molecule has 0 spiro atoms. The summed E-state index contributed by atoms with van der Waals surface area (Å²) in [7, 11) is 0. The predicted octanol–water partition coefficient (Wildman–Crippen LogP) is 1.65. The van der Waals surface area contributed by atoms with Crippen molar-refractivity contribution in [3.05, 3.63) is 0 Å². The Balaban J connectivity index is 2.42. The molecule has 0 aromatic carbocycles. The zero-order valence-electron chi connectivity index (χ0n) is 10.5. The highest BCUT2D eigenvalue weighted by Crippen LogP contribution is 2.19. The normalized spacial score (nSPS) is 32.6. The predicted molar refractivity (Wildman–Crippen MR) is 62.0 cm³/mol. The van der Waals surface area contributed by atoms with Gasteiger partial charge in [-0.1, -0.05) is 6.92 Å². The molecule has 0 amide bonds. The van der Waals surface area contributed by atoms with Crippen LogP contribution in [0.5, 0.6) is 0 Å². The molecular weight excluding hydrogens is 190 g/mol. The van der Waals surface area contributed by atoms with Crippen LogP contribution in [-0.4, -0.2) is 47.4 Å². The molecule has 0 radical (unpaired) electrons. The number of morpholine rings is 1. The number of hydrogen-bond acceptors (Lipinski definition) is 3. The highest BCUT2D eigenvalue weighted by atomic mass is 16.5. The van der Waals surface area contributed by atoms with E-state index in [1.54, 1.807) is 0 Å². The van der Waals surface area contributed by atoms with E-state index in [4.69, 9.17) is 4.74 Å². The van der Waals surface area contributed by atoms with Crippen LogP contribution in [0.4, 0.5) is 0 Å². The van der Waals surface area contributed by atoms with Gasteiger partial charge in [-0.25, -0.2) is 0 Å². The van der Waals surface area contributed by atoms with Crippen LogP contribution in [0.2, 0.25) is 0 Å². The van der Waals surface area contributed by atoms with Gasteiger partial charge in [0.05, 0.1) is 18.8 Å². The van der Waals surface area contributed by atoms with Crippen LogP contribution in [-0.2, 0) is 4.74 Å². The summed E-state index contributed by atoms with van der Waals surface area (Å²) in [5, 5.41) is 9.97. The number of hydrogen-bond donors (Lipinski definition) is 1. The number of rotatable bonds is 4. The molecule has 1 saturated heterocycles. The second-order valence-electron chi connectivity index (χ2n) is 5.07. The summed E-state index contributed by atoms with van der Waals surface area (Å²) in [6, 6.07) is 0.947. The average molecular weight is 215 g/mol. The van der Waals surface area contributed by atoms with Crippen LogP contribution in [0.25, 0.3) is 0 Å². The summed E-state index contributed by atoms with van der Waals surface area (Å²) < 4.78 is 5.48. The molecule has 1 fully saturated rings. The first kappa shape index (κ1) is 12.9. The minimum absolute atomic E-state index is 0.474. The average Bonchev–Trinajstić information content (AvgIpc) is 2.17. The maximum Gasteiger partial charge on any atom is 0.0629 e. The van der Waals surface area contributed by atoms with Crippen molar-refractivity contribution >= 4 is 0 Å². The maximum atomic E-state index is 9.97. The quantitative estimate of drug-likeness (QED) is 0.774.